The zero-order valence-electron chi connectivity index (χ0n) is 14.6. The van der Waals surface area contributed by atoms with E-state index in [1.807, 2.05) is 10.7 Å². The smallest absolute Gasteiger partial charge is 0.204 e. The van der Waals surface area contributed by atoms with Crippen LogP contribution in [0.3, 0.4) is 0 Å². The number of nitrogens with one attached hydrogen (secondary N) is 1. The number of hydrogen-bond acceptors (Lipinski definition) is 5. The van der Waals surface area contributed by atoms with E-state index in [1.54, 1.807) is 11.3 Å². The summed E-state index contributed by atoms with van der Waals surface area (Å²) in [5, 5.41) is 9.07. The second kappa shape index (κ2) is 7.98. The Labute approximate surface area is 158 Å². The molecule has 0 radical (unpaired) electrons. The third-order valence-corrected chi connectivity index (χ3v) is 6.83. The van der Waals surface area contributed by atoms with Crippen LogP contribution in [0.25, 0.3) is 0 Å². The zero-order chi connectivity index (χ0) is 17.1. The number of piperidine rings is 1. The zero-order valence-corrected chi connectivity index (χ0v) is 16.2. The van der Waals surface area contributed by atoms with Gasteiger partial charge in [0.15, 0.2) is 3.95 Å². The molecule has 1 N–H and O–H groups in total. The Morgan fingerprint density at radius 3 is 2.80 bits per heavy atom. The molecular weight excluding hydrogens is 348 g/mol. The quantitative estimate of drug-likeness (QED) is 0.755. The highest BCUT2D eigenvalue weighted by Crippen LogP contribution is 2.35. The molecule has 6 heteroatoms. The summed E-state index contributed by atoms with van der Waals surface area (Å²) >= 11 is 7.15. The van der Waals surface area contributed by atoms with Crippen LogP contribution < -0.4 is 5.32 Å². The molecule has 134 valence electrons. The first-order valence-corrected chi connectivity index (χ1v) is 10.6. The van der Waals surface area contributed by atoms with Crippen molar-refractivity contribution in [3.05, 3.63) is 39.8 Å². The van der Waals surface area contributed by atoms with Crippen molar-refractivity contribution in [3.8, 4) is 0 Å². The van der Waals surface area contributed by atoms with Gasteiger partial charge in [0.05, 0.1) is 6.67 Å². The van der Waals surface area contributed by atoms with Crippen LogP contribution in [0.15, 0.2) is 30.3 Å². The van der Waals surface area contributed by atoms with Crippen molar-refractivity contribution >= 4 is 28.7 Å². The lowest BCUT2D eigenvalue weighted by Crippen LogP contribution is -2.47. The maximum atomic E-state index is 5.57. The Balaban J connectivity index is 1.41. The predicted octanol–water partition coefficient (Wildman–Crippen LogP) is 4.90. The van der Waals surface area contributed by atoms with Crippen molar-refractivity contribution in [2.45, 2.75) is 57.8 Å². The van der Waals surface area contributed by atoms with Gasteiger partial charge in [-0.2, -0.15) is 0 Å². The molecule has 0 bridgehead atoms. The van der Waals surface area contributed by atoms with E-state index in [4.69, 9.17) is 17.3 Å². The van der Waals surface area contributed by atoms with E-state index < -0.39 is 0 Å². The molecule has 1 aliphatic heterocycles. The number of aromatic nitrogens is 2. The van der Waals surface area contributed by atoms with E-state index in [-0.39, 0.29) is 0 Å². The summed E-state index contributed by atoms with van der Waals surface area (Å²) in [5.41, 5.74) is 1.26. The van der Waals surface area contributed by atoms with Gasteiger partial charge in [-0.1, -0.05) is 54.5 Å². The maximum Gasteiger partial charge on any atom is 0.204 e. The molecule has 1 aromatic heterocycles. The van der Waals surface area contributed by atoms with Crippen LogP contribution in [0.4, 0.5) is 5.13 Å². The van der Waals surface area contributed by atoms with Crippen LogP contribution in [0.5, 0.6) is 0 Å². The first kappa shape index (κ1) is 17.2. The van der Waals surface area contributed by atoms with E-state index in [9.17, 15) is 0 Å². The van der Waals surface area contributed by atoms with Crippen LogP contribution in [-0.4, -0.2) is 27.3 Å². The molecule has 2 aromatic rings. The molecule has 2 unspecified atom stereocenters. The summed E-state index contributed by atoms with van der Waals surface area (Å²) < 4.78 is 2.89. The molecule has 2 fully saturated rings. The standard InChI is InChI=1S/C19H26N4S2/c24-19-23(14-22-12-6-10-16-9-4-5-11-17(16)22)21-18(25-19)20-13-15-7-2-1-3-8-15/h1-3,7-8,16-17H,4-6,9-14H2,(H,20,21). The van der Waals surface area contributed by atoms with E-state index in [1.165, 1.54) is 50.6 Å². The van der Waals surface area contributed by atoms with Gasteiger partial charge >= 0.3 is 0 Å². The van der Waals surface area contributed by atoms with Crippen molar-refractivity contribution in [2.24, 2.45) is 5.92 Å². The molecule has 2 atom stereocenters. The average molecular weight is 375 g/mol. The minimum absolute atomic E-state index is 0.742. The third-order valence-electron chi connectivity index (χ3n) is 5.57. The Morgan fingerprint density at radius 2 is 1.92 bits per heavy atom. The molecule has 0 amide bonds. The van der Waals surface area contributed by atoms with Crippen LogP contribution in [0.1, 0.15) is 44.1 Å². The monoisotopic (exact) mass is 374 g/mol. The lowest BCUT2D eigenvalue weighted by atomic mass is 9.78. The Hall–Kier alpha value is -1.24. The number of fused-ring (bicyclic) bond motifs is 1. The fraction of sp³-hybridized carbons (Fsp3) is 0.579. The van der Waals surface area contributed by atoms with E-state index in [2.05, 4.69) is 34.5 Å². The molecule has 0 spiro atoms. The summed E-state index contributed by atoms with van der Waals surface area (Å²) in [4.78, 5) is 2.63. The second-order valence-corrected chi connectivity index (χ2v) is 8.84. The van der Waals surface area contributed by atoms with Gasteiger partial charge in [0.2, 0.25) is 5.13 Å². The Bertz CT molecular complexity index is 737. The highest BCUT2D eigenvalue weighted by atomic mass is 32.1. The fourth-order valence-electron chi connectivity index (χ4n) is 4.32. The fourth-order valence-corrected chi connectivity index (χ4v) is 5.30. The van der Waals surface area contributed by atoms with E-state index in [0.717, 1.165) is 34.3 Å². The molecule has 1 aromatic carbocycles. The van der Waals surface area contributed by atoms with Crippen molar-refractivity contribution in [1.82, 2.24) is 14.7 Å². The van der Waals surface area contributed by atoms with Crippen molar-refractivity contribution in [1.29, 1.82) is 0 Å². The van der Waals surface area contributed by atoms with E-state index in [0.29, 0.717) is 0 Å². The molecule has 25 heavy (non-hydrogen) atoms. The Morgan fingerprint density at radius 1 is 1.12 bits per heavy atom. The number of hydrogen-bond donors (Lipinski definition) is 1. The van der Waals surface area contributed by atoms with Crippen LogP contribution in [-0.2, 0) is 13.2 Å². The first-order chi connectivity index (χ1) is 12.3. The summed E-state index contributed by atoms with van der Waals surface area (Å²) in [7, 11) is 0. The maximum absolute atomic E-state index is 5.57. The van der Waals surface area contributed by atoms with Gasteiger partial charge in [0.25, 0.3) is 0 Å². The highest BCUT2D eigenvalue weighted by molar-refractivity contribution is 7.73. The molecule has 2 heterocycles. The summed E-state index contributed by atoms with van der Waals surface area (Å²) in [5.74, 6) is 0.894. The summed E-state index contributed by atoms with van der Waals surface area (Å²) in [6, 6.07) is 11.2. The number of anilines is 1. The minimum atomic E-state index is 0.742. The largest absolute Gasteiger partial charge is 0.356 e. The number of nitrogens with zero attached hydrogens (tertiary/aromatic N) is 3. The van der Waals surface area contributed by atoms with Crippen LogP contribution >= 0.6 is 23.6 Å². The van der Waals surface area contributed by atoms with Gasteiger partial charge in [0.1, 0.15) is 0 Å². The molecule has 1 saturated heterocycles. The predicted molar refractivity (Wildman–Crippen MR) is 106 cm³/mol. The molecule has 4 rings (SSSR count). The lowest BCUT2D eigenvalue weighted by Gasteiger charge is -2.43. The average Bonchev–Trinajstić information content (AvgIpc) is 3.01. The van der Waals surface area contributed by atoms with Crippen molar-refractivity contribution in [3.63, 3.8) is 0 Å². The molecular formula is C19H26N4S2. The second-order valence-electron chi connectivity index (χ2n) is 7.22. The third kappa shape index (κ3) is 4.13. The van der Waals surface area contributed by atoms with Crippen LogP contribution in [0.2, 0.25) is 0 Å². The molecule has 2 aliphatic rings. The normalized spacial score (nSPS) is 24.0. The molecule has 1 aliphatic carbocycles. The SMILES string of the molecule is S=c1sc(NCc2ccccc2)nn1CN1CCCC2CCCCC21. The topological polar surface area (TPSA) is 33.1 Å². The van der Waals surface area contributed by atoms with Gasteiger partial charge in [-0.15, -0.1) is 5.10 Å². The van der Waals surface area contributed by atoms with Gasteiger partial charge in [-0.25, -0.2) is 4.68 Å². The van der Waals surface area contributed by atoms with Gasteiger partial charge in [-0.3, -0.25) is 4.90 Å². The number of benzene rings is 1. The van der Waals surface area contributed by atoms with Gasteiger partial charge < -0.3 is 5.32 Å². The lowest BCUT2D eigenvalue weighted by molar-refractivity contribution is 0.0327. The van der Waals surface area contributed by atoms with Gasteiger partial charge in [-0.05, 0) is 49.4 Å². The highest BCUT2D eigenvalue weighted by Gasteiger charge is 2.33. The summed E-state index contributed by atoms with van der Waals surface area (Å²) in [6.07, 6.45) is 8.28. The first-order valence-electron chi connectivity index (χ1n) is 9.39. The number of likely N-dealkylation sites (tertiary alicyclic amines) is 1. The number of rotatable bonds is 5. The van der Waals surface area contributed by atoms with E-state index >= 15 is 0 Å². The molecule has 4 nitrogen and oxygen atoms in total. The van der Waals surface area contributed by atoms with Crippen molar-refractivity contribution in [2.75, 3.05) is 11.9 Å². The molecule has 1 saturated carbocycles. The Kier molecular flexibility index (Phi) is 5.48. The van der Waals surface area contributed by atoms with Crippen LogP contribution in [0, 0.1) is 9.87 Å². The van der Waals surface area contributed by atoms with Crippen molar-refractivity contribution < 1.29 is 0 Å². The van der Waals surface area contributed by atoms with Gasteiger partial charge in [0, 0.05) is 19.1 Å². The summed E-state index contributed by atoms with van der Waals surface area (Å²) in [6.45, 7) is 2.83. The minimum Gasteiger partial charge on any atom is -0.356 e.